The van der Waals surface area contributed by atoms with Crippen molar-refractivity contribution in [2.24, 2.45) is 0 Å². The van der Waals surface area contributed by atoms with Gasteiger partial charge < -0.3 is 5.73 Å². The van der Waals surface area contributed by atoms with Crippen LogP contribution in [-0.2, 0) is 0 Å². The van der Waals surface area contributed by atoms with E-state index in [2.05, 4.69) is 15.9 Å². The van der Waals surface area contributed by atoms with Gasteiger partial charge in [0.15, 0.2) is 0 Å². The molecule has 0 aliphatic carbocycles. The van der Waals surface area contributed by atoms with Gasteiger partial charge in [-0.05, 0) is 18.2 Å². The van der Waals surface area contributed by atoms with Gasteiger partial charge in [0.25, 0.3) is 0 Å². The molecular weight excluding hydrogens is 221 g/mol. The molecule has 64 valence electrons. The molecule has 0 atom stereocenters. The number of rotatable bonds is 2. The average molecular weight is 230 g/mol. The fourth-order valence-electron chi connectivity index (χ4n) is 0.861. The zero-order chi connectivity index (χ0) is 8.97. The Kier molecular flexibility index (Phi) is 3.29. The summed E-state index contributed by atoms with van der Waals surface area (Å²) >= 11 is 3.21. The lowest BCUT2D eigenvalue weighted by molar-refractivity contribution is 0.625. The van der Waals surface area contributed by atoms with Gasteiger partial charge >= 0.3 is 0 Å². The molecule has 0 spiro atoms. The largest absolute Gasteiger partial charge is 0.399 e. The molecule has 0 heterocycles. The summed E-state index contributed by atoms with van der Waals surface area (Å²) in [6.07, 6.45) is 3.51. The molecule has 0 aliphatic heterocycles. The Morgan fingerprint density at radius 2 is 2.25 bits per heavy atom. The van der Waals surface area contributed by atoms with Gasteiger partial charge in [-0.3, -0.25) is 0 Å². The van der Waals surface area contributed by atoms with Crippen molar-refractivity contribution >= 4 is 27.7 Å². The Bertz CT molecular complexity index is 297. The maximum absolute atomic E-state index is 13.0. The summed E-state index contributed by atoms with van der Waals surface area (Å²) in [4.78, 5) is 0. The normalized spacial score (nSPS) is 10.8. The Balaban J connectivity index is 2.97. The number of nitrogens with two attached hydrogens (primary N) is 1. The van der Waals surface area contributed by atoms with Crippen LogP contribution in [0.4, 0.5) is 10.1 Å². The van der Waals surface area contributed by atoms with Crippen LogP contribution in [0.1, 0.15) is 5.56 Å². The maximum atomic E-state index is 13.0. The molecule has 2 N–H and O–H groups in total. The average Bonchev–Trinajstić information content (AvgIpc) is 2.07. The molecule has 3 heteroatoms. The monoisotopic (exact) mass is 229 g/mol. The van der Waals surface area contributed by atoms with Crippen LogP contribution in [0.25, 0.3) is 6.08 Å². The Morgan fingerprint density at radius 1 is 1.50 bits per heavy atom. The number of hydrogen-bond donors (Lipinski definition) is 1. The molecule has 12 heavy (non-hydrogen) atoms. The first kappa shape index (κ1) is 9.26. The molecule has 1 nitrogen and oxygen atoms in total. The van der Waals surface area contributed by atoms with E-state index < -0.39 is 0 Å². The lowest BCUT2D eigenvalue weighted by Gasteiger charge is -1.97. The van der Waals surface area contributed by atoms with Crippen LogP contribution < -0.4 is 5.73 Å². The van der Waals surface area contributed by atoms with Gasteiger partial charge in [0.2, 0.25) is 0 Å². The van der Waals surface area contributed by atoms with Gasteiger partial charge in [0.1, 0.15) is 5.82 Å². The van der Waals surface area contributed by atoms with E-state index in [0.29, 0.717) is 16.6 Å². The fourth-order valence-corrected chi connectivity index (χ4v) is 1.05. The van der Waals surface area contributed by atoms with Crippen LogP contribution in [0, 0.1) is 5.82 Å². The number of nitrogen functional groups attached to an aromatic ring is 1. The molecule has 0 aromatic heterocycles. The van der Waals surface area contributed by atoms with Gasteiger partial charge in [-0.2, -0.15) is 0 Å². The molecule has 1 aromatic carbocycles. The van der Waals surface area contributed by atoms with E-state index in [1.807, 2.05) is 6.08 Å². The highest BCUT2D eigenvalue weighted by atomic mass is 79.9. The second-order valence-electron chi connectivity index (χ2n) is 2.34. The van der Waals surface area contributed by atoms with E-state index in [4.69, 9.17) is 5.73 Å². The minimum atomic E-state index is -0.249. The fraction of sp³-hybridized carbons (Fsp3) is 0.111. The highest BCUT2D eigenvalue weighted by Gasteiger charge is 1.96. The first-order valence-corrected chi connectivity index (χ1v) is 4.63. The van der Waals surface area contributed by atoms with E-state index in [-0.39, 0.29) is 5.82 Å². The Hall–Kier alpha value is -0.830. The third-order valence-corrected chi connectivity index (χ3v) is 1.78. The van der Waals surface area contributed by atoms with Crippen LogP contribution in [0.3, 0.4) is 0 Å². The van der Waals surface area contributed by atoms with Gasteiger partial charge in [-0.1, -0.05) is 28.1 Å². The minimum absolute atomic E-state index is 0.249. The summed E-state index contributed by atoms with van der Waals surface area (Å²) in [6.45, 7) is 0. The first-order valence-electron chi connectivity index (χ1n) is 3.51. The minimum Gasteiger partial charge on any atom is -0.399 e. The highest BCUT2D eigenvalue weighted by molar-refractivity contribution is 9.09. The van der Waals surface area contributed by atoms with Crippen molar-refractivity contribution in [3.8, 4) is 0 Å². The van der Waals surface area contributed by atoms with Crippen LogP contribution in [0.15, 0.2) is 24.3 Å². The number of benzene rings is 1. The predicted molar refractivity (Wildman–Crippen MR) is 53.6 cm³/mol. The van der Waals surface area contributed by atoms with Crippen molar-refractivity contribution in [1.82, 2.24) is 0 Å². The van der Waals surface area contributed by atoms with Gasteiger partial charge in [-0.25, -0.2) is 4.39 Å². The Labute approximate surface area is 79.2 Å². The van der Waals surface area contributed by atoms with Crippen LogP contribution in [-0.4, -0.2) is 5.33 Å². The third-order valence-electron chi connectivity index (χ3n) is 1.41. The van der Waals surface area contributed by atoms with E-state index in [9.17, 15) is 4.39 Å². The zero-order valence-corrected chi connectivity index (χ0v) is 8.01. The molecule has 1 rings (SSSR count). The van der Waals surface area contributed by atoms with E-state index in [1.54, 1.807) is 18.2 Å². The molecule has 0 radical (unpaired) electrons. The molecule has 1 aromatic rings. The number of halogens is 2. The topological polar surface area (TPSA) is 26.0 Å². The molecule has 0 bridgehead atoms. The van der Waals surface area contributed by atoms with Crippen LogP contribution in [0.5, 0.6) is 0 Å². The smallest absolute Gasteiger partial charge is 0.130 e. The predicted octanol–water partition coefficient (Wildman–Crippen LogP) is 2.82. The molecule has 0 unspecified atom stereocenters. The Morgan fingerprint density at radius 3 is 2.92 bits per heavy atom. The van der Waals surface area contributed by atoms with Crippen molar-refractivity contribution in [3.63, 3.8) is 0 Å². The van der Waals surface area contributed by atoms with Crippen molar-refractivity contribution in [2.75, 3.05) is 11.1 Å². The maximum Gasteiger partial charge on any atom is 0.130 e. The van der Waals surface area contributed by atoms with Crippen LogP contribution >= 0.6 is 15.9 Å². The second kappa shape index (κ2) is 4.26. The summed E-state index contributed by atoms with van der Waals surface area (Å²) in [5.41, 5.74) is 6.58. The number of allylic oxidation sites excluding steroid dienone is 1. The van der Waals surface area contributed by atoms with E-state index >= 15 is 0 Å². The molecule has 0 saturated heterocycles. The zero-order valence-electron chi connectivity index (χ0n) is 6.43. The summed E-state index contributed by atoms with van der Waals surface area (Å²) in [5, 5.41) is 0.710. The number of hydrogen-bond acceptors (Lipinski definition) is 1. The first-order chi connectivity index (χ1) is 5.74. The van der Waals surface area contributed by atoms with Gasteiger partial charge in [-0.15, -0.1) is 0 Å². The third kappa shape index (κ3) is 2.34. The quantitative estimate of drug-likeness (QED) is 0.613. The lowest BCUT2D eigenvalue weighted by Crippen LogP contribution is -1.88. The molecule has 0 amide bonds. The lowest BCUT2D eigenvalue weighted by atomic mass is 10.2. The van der Waals surface area contributed by atoms with Crippen molar-refractivity contribution in [3.05, 3.63) is 35.7 Å². The van der Waals surface area contributed by atoms with E-state index in [1.165, 1.54) is 6.07 Å². The van der Waals surface area contributed by atoms with Crippen molar-refractivity contribution < 1.29 is 4.39 Å². The standard InChI is InChI=1S/C9H9BrFN/c10-5-1-2-7-6-8(12)3-4-9(7)11/h1-4,6H,5,12H2. The van der Waals surface area contributed by atoms with Gasteiger partial charge in [0.05, 0.1) is 0 Å². The van der Waals surface area contributed by atoms with E-state index in [0.717, 1.165) is 0 Å². The summed E-state index contributed by atoms with van der Waals surface area (Å²) < 4.78 is 13.0. The van der Waals surface area contributed by atoms with Gasteiger partial charge in [0, 0.05) is 16.6 Å². The van der Waals surface area contributed by atoms with Crippen molar-refractivity contribution in [2.45, 2.75) is 0 Å². The number of anilines is 1. The SMILES string of the molecule is Nc1ccc(F)c(C=CCBr)c1. The van der Waals surface area contributed by atoms with Crippen molar-refractivity contribution in [1.29, 1.82) is 0 Å². The number of alkyl halides is 1. The highest BCUT2D eigenvalue weighted by Crippen LogP contribution is 2.13. The summed E-state index contributed by atoms with van der Waals surface area (Å²) in [6, 6.07) is 4.51. The molecular formula is C9H9BrFN. The molecule has 0 saturated carbocycles. The molecule has 0 fully saturated rings. The molecule has 0 aliphatic rings. The summed E-state index contributed by atoms with van der Waals surface area (Å²) in [5.74, 6) is -0.249. The second-order valence-corrected chi connectivity index (χ2v) is 2.99. The van der Waals surface area contributed by atoms with Crippen LogP contribution in [0.2, 0.25) is 0 Å². The summed E-state index contributed by atoms with van der Waals surface area (Å²) in [7, 11) is 0.